The molecule has 6 radical (unpaired) electrons. The number of nitrogens with two attached hydrogens (primary N) is 1. The monoisotopic (exact) mass is 717 g/mol. The number of aliphatic hydroxyl groups is 2. The molecule has 7 N–H and O–H groups in total. The van der Waals surface area contributed by atoms with Gasteiger partial charge in [0.1, 0.15) is 41.9 Å². The van der Waals surface area contributed by atoms with Crippen molar-refractivity contribution in [1.82, 2.24) is 0 Å². The van der Waals surface area contributed by atoms with Gasteiger partial charge in [-0.1, -0.05) is 6.42 Å². The number of phosphoric acid groups is 3. The van der Waals surface area contributed by atoms with Crippen LogP contribution >= 0.6 is 23.5 Å². The number of hydrogen-bond acceptors (Lipinski definition) is 15. The molecule has 4 unspecified atom stereocenters. The molecule has 260 valence electrons. The maximum absolute atomic E-state index is 12.8. The largest absolute Gasteiger partial charge is 0.472 e. The van der Waals surface area contributed by atoms with Crippen LogP contribution in [0.5, 0.6) is 0 Å². The Balaban J connectivity index is 1.50. The van der Waals surface area contributed by atoms with Gasteiger partial charge >= 0.3 is 23.5 Å². The molecule has 0 aromatic carbocycles. The molecule has 3 saturated heterocycles. The number of aliphatic hydroxyl groups excluding tert-OH is 2. The summed E-state index contributed by atoms with van der Waals surface area (Å²) >= 11 is 0. The van der Waals surface area contributed by atoms with Gasteiger partial charge in [0.05, 0.1) is 44.7 Å². The lowest BCUT2D eigenvalue weighted by Gasteiger charge is -2.25. The van der Waals surface area contributed by atoms with Crippen molar-refractivity contribution in [3.05, 3.63) is 0 Å². The zero-order valence-electron chi connectivity index (χ0n) is 25.0. The van der Waals surface area contributed by atoms with E-state index in [0.717, 1.165) is 6.42 Å². The van der Waals surface area contributed by atoms with Crippen molar-refractivity contribution in [2.75, 3.05) is 39.6 Å². The van der Waals surface area contributed by atoms with Gasteiger partial charge in [-0.2, -0.15) is 0 Å². The van der Waals surface area contributed by atoms with E-state index in [1.165, 1.54) is 0 Å². The lowest BCUT2D eigenvalue weighted by molar-refractivity contribution is -0.0325. The number of rotatable bonds is 21. The van der Waals surface area contributed by atoms with Crippen molar-refractivity contribution in [2.24, 2.45) is 11.7 Å². The Labute approximate surface area is 271 Å². The quantitative estimate of drug-likeness (QED) is 0.0476. The molecule has 3 rings (SSSR count). The summed E-state index contributed by atoms with van der Waals surface area (Å²) in [6, 6.07) is -2.77. The Kier molecular flexibility index (Phi) is 16.4. The Hall–Kier alpha value is 0.285. The Morgan fingerprint density at radius 1 is 0.696 bits per heavy atom. The van der Waals surface area contributed by atoms with Crippen LogP contribution in [0.15, 0.2) is 0 Å². The van der Waals surface area contributed by atoms with Crippen LogP contribution in [0.1, 0.15) is 38.5 Å². The van der Waals surface area contributed by atoms with Crippen LogP contribution in [0, 0.1) is 5.92 Å². The van der Waals surface area contributed by atoms with Gasteiger partial charge in [-0.3, -0.25) is 27.1 Å². The molecule has 0 amide bonds. The van der Waals surface area contributed by atoms with Crippen molar-refractivity contribution in [1.29, 1.82) is 0 Å². The van der Waals surface area contributed by atoms with E-state index in [9.17, 15) is 38.6 Å². The summed E-state index contributed by atoms with van der Waals surface area (Å²) in [7, 11) is 2.90. The normalized spacial score (nSPS) is 36.3. The number of hydrogen-bond donors (Lipinski definition) is 6. The molecule has 3 aliphatic heterocycles. The molecule has 24 heteroatoms. The van der Waals surface area contributed by atoms with Crippen LogP contribution in [0.25, 0.3) is 0 Å². The van der Waals surface area contributed by atoms with E-state index in [4.69, 9.17) is 70.6 Å². The maximum Gasteiger partial charge on any atom is 0.472 e. The second kappa shape index (κ2) is 18.5. The third-order valence-corrected chi connectivity index (χ3v) is 10.3. The SMILES string of the molecule is [B][C@H]1C[C@@H](OP(=O)(O)OC[C@H]2O[C@@H]([B])C[C@H]2OP(=O)(O)OC[C@H]2O[C@@H]([B])C[C@H]2OP(=O)(O)OCC(CO)CCCCN)[C@@H](CO)O1. The molecular weight excluding hydrogens is 676 g/mol. The first-order valence-electron chi connectivity index (χ1n) is 14.7. The first kappa shape index (κ1) is 40.7. The fraction of sp³-hybridized carbons (Fsp3) is 1.00. The highest BCUT2D eigenvalue weighted by Crippen LogP contribution is 2.51. The summed E-state index contributed by atoms with van der Waals surface area (Å²) in [5.41, 5.74) is 5.46. The molecule has 0 aromatic heterocycles. The lowest BCUT2D eigenvalue weighted by Crippen LogP contribution is -2.31. The second-order valence-electron chi connectivity index (χ2n) is 11.1. The van der Waals surface area contributed by atoms with E-state index in [1.807, 2.05) is 0 Å². The molecule has 18 nitrogen and oxygen atoms in total. The standard InChI is InChI=1S/C22H41B3NO17P3/c23-20-5-14(17(9-28)38-20)41-45(31,32)36-11-19-16(7-22(25)40-19)43-46(33,34)37-12-18-15(6-21(24)39-18)42-44(29,30)35-10-13(8-27)3-1-2-4-26/h13-22,27-28H,1-12,26H2,(H,29,30)(H,31,32)(H,33,34)/t13?,14-,15-,16-,17-,18-,19-,20-,21-,22-/m1/s1. The molecule has 0 aliphatic carbocycles. The molecule has 13 atom stereocenters. The first-order valence-corrected chi connectivity index (χ1v) is 19.2. The van der Waals surface area contributed by atoms with Gasteiger partial charge in [0.2, 0.25) is 0 Å². The maximum atomic E-state index is 12.8. The molecule has 46 heavy (non-hydrogen) atoms. The van der Waals surface area contributed by atoms with Crippen molar-refractivity contribution in [3.8, 4) is 0 Å². The van der Waals surface area contributed by atoms with Crippen LogP contribution in [-0.2, 0) is 55.0 Å². The third-order valence-electron chi connectivity index (χ3n) is 7.27. The average Bonchev–Trinajstić information content (AvgIpc) is 3.61. The topological polar surface area (TPSA) is 261 Å². The average molecular weight is 717 g/mol. The van der Waals surface area contributed by atoms with Crippen LogP contribution in [-0.4, -0.2) is 143 Å². The molecule has 0 saturated carbocycles. The predicted molar refractivity (Wildman–Crippen MR) is 160 cm³/mol. The van der Waals surface area contributed by atoms with Crippen molar-refractivity contribution in [2.45, 2.75) is 93.2 Å². The Bertz CT molecular complexity index is 1090. The summed E-state index contributed by atoms with van der Waals surface area (Å²) in [4.78, 5) is 30.8. The predicted octanol–water partition coefficient (Wildman–Crippen LogP) is -0.927. The van der Waals surface area contributed by atoms with Gasteiger partial charge in [0.15, 0.2) is 0 Å². The zero-order valence-corrected chi connectivity index (χ0v) is 27.7. The molecule has 3 fully saturated rings. The summed E-state index contributed by atoms with van der Waals surface area (Å²) < 4.78 is 84.4. The van der Waals surface area contributed by atoms with Crippen molar-refractivity contribution < 1.29 is 79.9 Å². The number of phosphoric ester groups is 3. The minimum Gasteiger partial charge on any atom is -0.396 e. The van der Waals surface area contributed by atoms with E-state index in [1.54, 1.807) is 0 Å². The molecule has 0 spiro atoms. The van der Waals surface area contributed by atoms with E-state index in [2.05, 4.69) is 0 Å². The van der Waals surface area contributed by atoms with Crippen LogP contribution in [0.2, 0.25) is 0 Å². The minimum absolute atomic E-state index is 0.0188. The van der Waals surface area contributed by atoms with Gasteiger partial charge < -0.3 is 44.8 Å². The van der Waals surface area contributed by atoms with Gasteiger partial charge in [0.25, 0.3) is 0 Å². The van der Waals surface area contributed by atoms with E-state index in [0.29, 0.717) is 19.4 Å². The lowest BCUT2D eigenvalue weighted by atomic mass is 9.96. The fourth-order valence-electron chi connectivity index (χ4n) is 4.98. The Morgan fingerprint density at radius 2 is 1.11 bits per heavy atom. The van der Waals surface area contributed by atoms with Crippen molar-refractivity contribution in [3.63, 3.8) is 0 Å². The van der Waals surface area contributed by atoms with Crippen LogP contribution < -0.4 is 5.73 Å². The molecule has 3 heterocycles. The van der Waals surface area contributed by atoms with Gasteiger partial charge in [-0.05, 0) is 38.6 Å². The summed E-state index contributed by atoms with van der Waals surface area (Å²) in [6.07, 6.45) is -5.05. The van der Waals surface area contributed by atoms with E-state index in [-0.39, 0.29) is 32.5 Å². The molecular formula is C22H41B3NO17P3. The fourth-order valence-corrected chi connectivity index (χ4v) is 7.92. The summed E-state index contributed by atoms with van der Waals surface area (Å²) in [5, 5.41) is 18.8. The highest BCUT2D eigenvalue weighted by molar-refractivity contribution is 7.48. The highest BCUT2D eigenvalue weighted by Gasteiger charge is 2.44. The number of unbranched alkanes of at least 4 members (excludes halogenated alkanes) is 1. The van der Waals surface area contributed by atoms with E-state index < -0.39 is 104 Å². The van der Waals surface area contributed by atoms with Gasteiger partial charge in [-0.15, -0.1) is 0 Å². The third kappa shape index (κ3) is 13.5. The van der Waals surface area contributed by atoms with Gasteiger partial charge in [0, 0.05) is 30.5 Å². The summed E-state index contributed by atoms with van der Waals surface area (Å²) in [6.45, 7) is -1.91. The first-order chi connectivity index (χ1) is 21.5. The Morgan fingerprint density at radius 3 is 1.52 bits per heavy atom. The smallest absolute Gasteiger partial charge is 0.396 e. The minimum atomic E-state index is -4.89. The van der Waals surface area contributed by atoms with E-state index >= 15 is 0 Å². The zero-order chi connectivity index (χ0) is 34.1. The summed E-state index contributed by atoms with van der Waals surface area (Å²) in [5.74, 6) is -0.424. The van der Waals surface area contributed by atoms with Crippen LogP contribution in [0.4, 0.5) is 0 Å². The van der Waals surface area contributed by atoms with Crippen molar-refractivity contribution >= 4 is 47.0 Å². The van der Waals surface area contributed by atoms with Gasteiger partial charge in [-0.25, -0.2) is 13.7 Å². The van der Waals surface area contributed by atoms with Crippen LogP contribution in [0.3, 0.4) is 0 Å². The number of ether oxygens (including phenoxy) is 3. The molecule has 0 bridgehead atoms. The highest BCUT2D eigenvalue weighted by atomic mass is 31.2. The second-order valence-corrected chi connectivity index (χ2v) is 15.3. The molecule has 3 aliphatic rings. The molecule has 0 aromatic rings.